The maximum Gasteiger partial charge on any atom is 0.248 e. The first kappa shape index (κ1) is 18.5. The normalized spacial score (nSPS) is 25.7. The maximum atomic E-state index is 13.5. The number of alkyl halides is 2. The van der Waals surface area contributed by atoms with Gasteiger partial charge in [-0.25, -0.2) is 18.7 Å². The summed E-state index contributed by atoms with van der Waals surface area (Å²) in [6.45, 7) is 3.47. The molecule has 1 N–H and O–H groups in total. The Morgan fingerprint density at radius 1 is 1.21 bits per heavy atom. The molecule has 0 aromatic carbocycles. The zero-order valence-electron chi connectivity index (χ0n) is 16.4. The van der Waals surface area contributed by atoms with Crippen molar-refractivity contribution in [2.45, 2.75) is 50.9 Å². The van der Waals surface area contributed by atoms with E-state index in [1.807, 2.05) is 23.4 Å². The van der Waals surface area contributed by atoms with Crippen LogP contribution in [0.5, 0.6) is 0 Å². The largest absolute Gasteiger partial charge is 0.345 e. The van der Waals surface area contributed by atoms with Gasteiger partial charge in [0, 0.05) is 44.0 Å². The Kier molecular flexibility index (Phi) is 4.33. The molecule has 1 aliphatic carbocycles. The van der Waals surface area contributed by atoms with Gasteiger partial charge in [0.15, 0.2) is 5.65 Å². The number of aromatic amines is 1. The lowest BCUT2D eigenvalue weighted by atomic mass is 9.83. The third kappa shape index (κ3) is 3.18. The molecule has 2 unspecified atom stereocenters. The molecule has 2 aliphatic rings. The number of rotatable bonds is 2. The summed E-state index contributed by atoms with van der Waals surface area (Å²) < 4.78 is 29.1. The molecule has 3 aromatic rings. The van der Waals surface area contributed by atoms with Crippen LogP contribution in [0.1, 0.15) is 50.8 Å². The molecule has 0 bridgehead atoms. The minimum Gasteiger partial charge on any atom is -0.345 e. The fourth-order valence-corrected chi connectivity index (χ4v) is 4.91. The SMILES string of the molecule is CC1CCN(C(=O)C2CCC(F)(F)CC2)CC1c1ncc2cnc3[nH]ccc3n12. The van der Waals surface area contributed by atoms with E-state index in [4.69, 9.17) is 4.98 Å². The predicted octanol–water partition coefficient (Wildman–Crippen LogP) is 3.99. The van der Waals surface area contributed by atoms with E-state index >= 15 is 0 Å². The molecule has 0 radical (unpaired) electrons. The predicted molar refractivity (Wildman–Crippen MR) is 105 cm³/mol. The highest BCUT2D eigenvalue weighted by molar-refractivity contribution is 5.79. The minimum atomic E-state index is -2.61. The fourth-order valence-electron chi connectivity index (χ4n) is 4.91. The Morgan fingerprint density at radius 3 is 2.76 bits per heavy atom. The van der Waals surface area contributed by atoms with E-state index in [-0.39, 0.29) is 43.4 Å². The smallest absolute Gasteiger partial charge is 0.248 e. The van der Waals surface area contributed by atoms with E-state index in [2.05, 4.69) is 21.3 Å². The van der Waals surface area contributed by atoms with Crippen molar-refractivity contribution in [2.75, 3.05) is 13.1 Å². The number of piperidine rings is 1. The molecule has 4 heterocycles. The molecule has 0 spiro atoms. The number of carbonyl (C=O) groups is 1. The van der Waals surface area contributed by atoms with Gasteiger partial charge in [-0.1, -0.05) is 6.92 Å². The Labute approximate surface area is 167 Å². The van der Waals surface area contributed by atoms with Gasteiger partial charge in [-0.05, 0) is 31.2 Å². The summed E-state index contributed by atoms with van der Waals surface area (Å²) in [5, 5.41) is 0. The van der Waals surface area contributed by atoms with Crippen molar-refractivity contribution in [3.05, 3.63) is 30.5 Å². The number of H-pyrrole nitrogens is 1. The molecular formula is C21H25F2N5O. The average molecular weight is 401 g/mol. The van der Waals surface area contributed by atoms with Gasteiger partial charge >= 0.3 is 0 Å². The van der Waals surface area contributed by atoms with E-state index in [9.17, 15) is 13.6 Å². The zero-order chi connectivity index (χ0) is 20.2. The van der Waals surface area contributed by atoms with Gasteiger partial charge < -0.3 is 9.88 Å². The van der Waals surface area contributed by atoms with E-state index < -0.39 is 5.92 Å². The van der Waals surface area contributed by atoms with E-state index in [1.165, 1.54) is 0 Å². The van der Waals surface area contributed by atoms with Crippen LogP contribution in [0.15, 0.2) is 24.7 Å². The number of nitrogens with one attached hydrogen (secondary N) is 1. The van der Waals surface area contributed by atoms with Crippen LogP contribution in [0, 0.1) is 11.8 Å². The molecular weight excluding hydrogens is 376 g/mol. The number of fused-ring (bicyclic) bond motifs is 3. The van der Waals surface area contributed by atoms with Gasteiger partial charge in [-0.3, -0.25) is 9.20 Å². The standard InChI is InChI=1S/C21H25F2N5O/c1-13-5-9-27(20(29)14-2-6-21(22,23)7-3-14)12-16(13)19-26-11-15-10-25-18-17(28(15)19)4-8-24-18/h4,8,10-11,13-14,16,24H,2-3,5-7,9,12H2,1H3. The summed E-state index contributed by atoms with van der Waals surface area (Å²) >= 11 is 0. The number of likely N-dealkylation sites (tertiary alicyclic amines) is 1. The number of amides is 1. The van der Waals surface area contributed by atoms with Gasteiger partial charge in [0.2, 0.25) is 11.8 Å². The second-order valence-electron chi connectivity index (χ2n) is 8.63. The maximum absolute atomic E-state index is 13.5. The molecule has 5 rings (SSSR count). The molecule has 8 heteroatoms. The van der Waals surface area contributed by atoms with Crippen molar-refractivity contribution in [1.82, 2.24) is 24.3 Å². The van der Waals surface area contributed by atoms with Crippen LogP contribution in [0.25, 0.3) is 16.7 Å². The average Bonchev–Trinajstić information content (AvgIpc) is 3.34. The first-order chi connectivity index (χ1) is 13.9. The van der Waals surface area contributed by atoms with Gasteiger partial charge in [-0.2, -0.15) is 0 Å². The lowest BCUT2D eigenvalue weighted by Crippen LogP contribution is -2.46. The van der Waals surface area contributed by atoms with Crippen LogP contribution in [-0.2, 0) is 4.79 Å². The Balaban J connectivity index is 1.42. The van der Waals surface area contributed by atoms with Gasteiger partial charge in [0.05, 0.1) is 23.4 Å². The number of carbonyl (C=O) groups excluding carboxylic acids is 1. The van der Waals surface area contributed by atoms with Crippen molar-refractivity contribution < 1.29 is 13.6 Å². The lowest BCUT2D eigenvalue weighted by molar-refractivity contribution is -0.141. The Hall–Kier alpha value is -2.51. The van der Waals surface area contributed by atoms with Gasteiger partial charge in [-0.15, -0.1) is 0 Å². The summed E-state index contributed by atoms with van der Waals surface area (Å²) in [5.74, 6) is -1.44. The first-order valence-corrected chi connectivity index (χ1v) is 10.4. The number of aromatic nitrogens is 4. The molecule has 1 amide bonds. The van der Waals surface area contributed by atoms with Gasteiger partial charge in [0.1, 0.15) is 5.82 Å². The molecule has 1 saturated heterocycles. The van der Waals surface area contributed by atoms with Crippen LogP contribution in [-0.4, -0.2) is 49.2 Å². The molecule has 1 aliphatic heterocycles. The topological polar surface area (TPSA) is 66.3 Å². The highest BCUT2D eigenvalue weighted by atomic mass is 19.3. The molecule has 6 nitrogen and oxygen atoms in total. The molecule has 3 aromatic heterocycles. The van der Waals surface area contributed by atoms with Crippen molar-refractivity contribution in [3.63, 3.8) is 0 Å². The molecule has 29 heavy (non-hydrogen) atoms. The van der Waals surface area contributed by atoms with E-state index in [0.29, 0.717) is 19.0 Å². The molecule has 2 fully saturated rings. The van der Waals surface area contributed by atoms with Crippen LogP contribution >= 0.6 is 0 Å². The Morgan fingerprint density at radius 2 is 1.97 bits per heavy atom. The number of halogens is 2. The van der Waals surface area contributed by atoms with Crippen molar-refractivity contribution in [1.29, 1.82) is 0 Å². The number of hydrogen-bond acceptors (Lipinski definition) is 3. The number of imidazole rings is 1. The fraction of sp³-hybridized carbons (Fsp3) is 0.571. The Bertz CT molecular complexity index is 1050. The third-order valence-corrected chi connectivity index (χ3v) is 6.76. The molecule has 1 saturated carbocycles. The third-order valence-electron chi connectivity index (χ3n) is 6.76. The zero-order valence-corrected chi connectivity index (χ0v) is 16.4. The summed E-state index contributed by atoms with van der Waals surface area (Å²) in [6, 6.07) is 1.99. The summed E-state index contributed by atoms with van der Waals surface area (Å²) in [4.78, 5) is 27.2. The van der Waals surface area contributed by atoms with E-state index in [0.717, 1.165) is 28.9 Å². The number of hydrogen-bond donors (Lipinski definition) is 1. The second kappa shape index (κ2) is 6.78. The lowest BCUT2D eigenvalue weighted by Gasteiger charge is -2.39. The van der Waals surface area contributed by atoms with Gasteiger partial charge in [0.25, 0.3) is 0 Å². The first-order valence-electron chi connectivity index (χ1n) is 10.4. The highest BCUT2D eigenvalue weighted by Gasteiger charge is 2.40. The summed E-state index contributed by atoms with van der Waals surface area (Å²) in [6.07, 6.45) is 6.57. The summed E-state index contributed by atoms with van der Waals surface area (Å²) in [7, 11) is 0. The molecule has 2 atom stereocenters. The highest BCUT2D eigenvalue weighted by Crippen LogP contribution is 2.39. The quantitative estimate of drug-likeness (QED) is 0.706. The molecule has 154 valence electrons. The second-order valence-corrected chi connectivity index (χ2v) is 8.63. The van der Waals surface area contributed by atoms with Crippen LogP contribution in [0.4, 0.5) is 8.78 Å². The van der Waals surface area contributed by atoms with Crippen LogP contribution in [0.3, 0.4) is 0 Å². The van der Waals surface area contributed by atoms with Crippen LogP contribution in [0.2, 0.25) is 0 Å². The van der Waals surface area contributed by atoms with Crippen molar-refractivity contribution in [3.8, 4) is 0 Å². The van der Waals surface area contributed by atoms with E-state index in [1.54, 1.807) is 6.20 Å². The number of nitrogens with zero attached hydrogens (tertiary/aromatic N) is 4. The van der Waals surface area contributed by atoms with Crippen molar-refractivity contribution >= 4 is 22.6 Å². The minimum absolute atomic E-state index is 0.0340. The van der Waals surface area contributed by atoms with Crippen LogP contribution < -0.4 is 0 Å². The summed E-state index contributed by atoms with van der Waals surface area (Å²) in [5.41, 5.74) is 2.70. The monoisotopic (exact) mass is 401 g/mol. The van der Waals surface area contributed by atoms with Crippen molar-refractivity contribution in [2.24, 2.45) is 11.8 Å².